The summed E-state index contributed by atoms with van der Waals surface area (Å²) in [6.45, 7) is 0. The Labute approximate surface area is 89.9 Å². The number of hydrogen-bond acceptors (Lipinski definition) is 3. The predicted octanol–water partition coefficient (Wildman–Crippen LogP) is 2.48. The number of carbonyl (C=O) groups excluding carboxylic acids is 1. The summed E-state index contributed by atoms with van der Waals surface area (Å²) in [7, 11) is 1.37. The van der Waals surface area contributed by atoms with Crippen LogP contribution in [0.3, 0.4) is 0 Å². The molecule has 3 nitrogen and oxygen atoms in total. The highest BCUT2D eigenvalue weighted by Crippen LogP contribution is 1.98. The topological polar surface area (TPSA) is 61.3 Å². The lowest BCUT2D eigenvalue weighted by molar-refractivity contribution is 0.0601. The van der Waals surface area contributed by atoms with Gasteiger partial charge in [-0.1, -0.05) is 18.2 Å². The van der Waals surface area contributed by atoms with Crippen molar-refractivity contribution >= 4 is 30.8 Å². The molecular weight excluding hydrogens is 213 g/mol. The van der Waals surface area contributed by atoms with Gasteiger partial charge in [-0.2, -0.15) is 0 Å². The predicted molar refractivity (Wildman–Crippen MR) is 57.3 cm³/mol. The van der Waals surface area contributed by atoms with Gasteiger partial charge in [0.15, 0.2) is 0 Å². The van der Waals surface area contributed by atoms with Crippen molar-refractivity contribution in [3.63, 3.8) is 0 Å². The Morgan fingerprint density at radius 3 is 2.00 bits per heavy atom. The minimum atomic E-state index is -0.291. The van der Waals surface area contributed by atoms with Gasteiger partial charge >= 0.3 is 5.97 Å². The smallest absolute Gasteiger partial charge is 0.337 e. The molecule has 5 heteroatoms. The van der Waals surface area contributed by atoms with E-state index in [-0.39, 0.29) is 36.9 Å². The highest BCUT2D eigenvalue weighted by atomic mass is 35.5. The van der Waals surface area contributed by atoms with Crippen molar-refractivity contribution in [1.29, 1.82) is 0 Å². The lowest BCUT2D eigenvalue weighted by Gasteiger charge is -1.95. The second-order valence-electron chi connectivity index (χ2n) is 1.86. The normalized spacial score (nSPS) is 6.85. The average Bonchev–Trinajstić information content (AvgIpc) is 2.05. The fourth-order valence-electron chi connectivity index (χ4n) is 0.692. The van der Waals surface area contributed by atoms with Gasteiger partial charge in [0.2, 0.25) is 0 Å². The van der Waals surface area contributed by atoms with Crippen molar-refractivity contribution in [2.75, 3.05) is 7.11 Å². The van der Waals surface area contributed by atoms with E-state index in [1.54, 1.807) is 24.3 Å². The maximum atomic E-state index is 10.8. The summed E-state index contributed by atoms with van der Waals surface area (Å²) >= 11 is 0. The number of hydrogen-bond donors (Lipinski definition) is 1. The van der Waals surface area contributed by atoms with Crippen molar-refractivity contribution in [2.24, 2.45) is 0 Å². The van der Waals surface area contributed by atoms with Crippen molar-refractivity contribution in [1.82, 2.24) is 6.15 Å². The van der Waals surface area contributed by atoms with E-state index in [2.05, 4.69) is 4.74 Å². The fourth-order valence-corrected chi connectivity index (χ4v) is 0.692. The number of halogens is 2. The summed E-state index contributed by atoms with van der Waals surface area (Å²) in [5, 5.41) is 0. The van der Waals surface area contributed by atoms with E-state index in [9.17, 15) is 4.79 Å². The highest BCUT2D eigenvalue weighted by Gasteiger charge is 2.00. The Bertz CT molecular complexity index is 229. The highest BCUT2D eigenvalue weighted by molar-refractivity contribution is 5.89. The van der Waals surface area contributed by atoms with Crippen molar-refractivity contribution < 1.29 is 9.53 Å². The summed E-state index contributed by atoms with van der Waals surface area (Å²) in [6, 6.07) is 8.88. The molecule has 1 aromatic rings. The molecule has 0 spiro atoms. The van der Waals surface area contributed by atoms with E-state index < -0.39 is 0 Å². The Morgan fingerprint density at radius 2 is 1.62 bits per heavy atom. The standard InChI is InChI=1S/C8H8O2.2ClH.H3N/c1-10-8(9)7-5-3-2-4-6-7;;;/h2-6H,1H3;2*1H;1H3. The van der Waals surface area contributed by atoms with Gasteiger partial charge in [0, 0.05) is 0 Å². The van der Waals surface area contributed by atoms with Gasteiger partial charge in [0.1, 0.15) is 0 Å². The van der Waals surface area contributed by atoms with Gasteiger partial charge in [-0.05, 0) is 12.1 Å². The molecule has 0 saturated carbocycles. The molecule has 0 radical (unpaired) electrons. The number of methoxy groups -OCH3 is 1. The summed E-state index contributed by atoms with van der Waals surface area (Å²) in [6.07, 6.45) is 0. The van der Waals surface area contributed by atoms with Crippen LogP contribution in [0.2, 0.25) is 0 Å². The van der Waals surface area contributed by atoms with Gasteiger partial charge < -0.3 is 10.9 Å². The van der Waals surface area contributed by atoms with Crippen LogP contribution >= 0.6 is 24.8 Å². The van der Waals surface area contributed by atoms with Crippen LogP contribution in [0.15, 0.2) is 30.3 Å². The van der Waals surface area contributed by atoms with Crippen LogP contribution in [-0.2, 0) is 4.74 Å². The summed E-state index contributed by atoms with van der Waals surface area (Å²) in [5.41, 5.74) is 0.588. The van der Waals surface area contributed by atoms with Gasteiger partial charge in [-0.15, -0.1) is 24.8 Å². The van der Waals surface area contributed by atoms with E-state index >= 15 is 0 Å². The molecule has 0 heterocycles. The number of esters is 1. The molecule has 0 aliphatic heterocycles. The number of carbonyl (C=O) groups is 1. The number of ether oxygens (including phenoxy) is 1. The summed E-state index contributed by atoms with van der Waals surface area (Å²) in [5.74, 6) is -0.291. The molecule has 0 unspecified atom stereocenters. The summed E-state index contributed by atoms with van der Waals surface area (Å²) < 4.78 is 4.50. The third kappa shape index (κ3) is 5.47. The maximum Gasteiger partial charge on any atom is 0.337 e. The lowest BCUT2D eigenvalue weighted by atomic mass is 10.2. The first kappa shape index (κ1) is 18.1. The molecule has 3 N–H and O–H groups in total. The molecule has 0 bridgehead atoms. The van der Waals surface area contributed by atoms with Crippen LogP contribution in [0, 0.1) is 0 Å². The third-order valence-electron chi connectivity index (χ3n) is 1.19. The Kier molecular flexibility index (Phi) is 13.0. The minimum Gasteiger partial charge on any atom is -0.465 e. The van der Waals surface area contributed by atoms with Crippen molar-refractivity contribution in [3.8, 4) is 0 Å². The molecule has 1 rings (SSSR count). The Hall–Kier alpha value is -0.770. The third-order valence-corrected chi connectivity index (χ3v) is 1.19. The van der Waals surface area contributed by atoms with E-state index in [0.717, 1.165) is 0 Å². The Morgan fingerprint density at radius 1 is 1.15 bits per heavy atom. The van der Waals surface area contributed by atoms with Crippen LogP contribution in [-0.4, -0.2) is 13.1 Å². The second-order valence-corrected chi connectivity index (χ2v) is 1.86. The number of benzene rings is 1. The molecule has 0 amide bonds. The van der Waals surface area contributed by atoms with Crippen LogP contribution in [0.5, 0.6) is 0 Å². The molecule has 76 valence electrons. The van der Waals surface area contributed by atoms with Crippen LogP contribution < -0.4 is 6.15 Å². The molecule has 0 saturated heterocycles. The van der Waals surface area contributed by atoms with Gasteiger partial charge in [0.25, 0.3) is 0 Å². The first-order chi connectivity index (χ1) is 4.84. The maximum absolute atomic E-state index is 10.8. The molecule has 0 fully saturated rings. The van der Waals surface area contributed by atoms with Gasteiger partial charge in [-0.3, -0.25) is 0 Å². The molecule has 13 heavy (non-hydrogen) atoms. The lowest BCUT2D eigenvalue weighted by Crippen LogP contribution is -1.99. The first-order valence-electron chi connectivity index (χ1n) is 2.98. The van der Waals surface area contributed by atoms with E-state index in [4.69, 9.17) is 0 Å². The minimum absolute atomic E-state index is 0. The molecule has 0 aliphatic rings. The number of rotatable bonds is 1. The second kappa shape index (κ2) is 9.32. The molecule has 0 aliphatic carbocycles. The first-order valence-corrected chi connectivity index (χ1v) is 2.98. The fraction of sp³-hybridized carbons (Fsp3) is 0.125. The molecular formula is C8H13Cl2NO2. The van der Waals surface area contributed by atoms with Gasteiger partial charge in [-0.25, -0.2) is 4.79 Å². The van der Waals surface area contributed by atoms with Gasteiger partial charge in [0.05, 0.1) is 12.7 Å². The van der Waals surface area contributed by atoms with Crippen LogP contribution in [0.25, 0.3) is 0 Å². The molecule has 0 atom stereocenters. The zero-order valence-electron chi connectivity index (χ0n) is 7.23. The van der Waals surface area contributed by atoms with Crippen LogP contribution in [0.1, 0.15) is 10.4 Å². The van der Waals surface area contributed by atoms with Crippen molar-refractivity contribution in [3.05, 3.63) is 35.9 Å². The van der Waals surface area contributed by atoms with E-state index in [1.165, 1.54) is 7.11 Å². The van der Waals surface area contributed by atoms with E-state index in [0.29, 0.717) is 5.56 Å². The zero-order valence-corrected chi connectivity index (χ0v) is 8.86. The molecule has 1 aromatic carbocycles. The SMILES string of the molecule is COC(=O)c1ccccc1.Cl.Cl.N. The Balaban J connectivity index is -0.000000333. The largest absolute Gasteiger partial charge is 0.465 e. The van der Waals surface area contributed by atoms with E-state index in [1.807, 2.05) is 6.07 Å². The average molecular weight is 226 g/mol. The van der Waals surface area contributed by atoms with Crippen LogP contribution in [0.4, 0.5) is 0 Å². The quantitative estimate of drug-likeness (QED) is 0.748. The summed E-state index contributed by atoms with van der Waals surface area (Å²) in [4.78, 5) is 10.8. The zero-order chi connectivity index (χ0) is 7.40. The monoisotopic (exact) mass is 225 g/mol. The molecule has 0 aromatic heterocycles. The van der Waals surface area contributed by atoms with Crippen molar-refractivity contribution in [2.45, 2.75) is 0 Å².